The Kier molecular flexibility index (Phi) is 12.6. The molecule has 0 amide bonds. The molecule has 0 aromatic heterocycles. The number of benzene rings is 1. The van der Waals surface area contributed by atoms with Crippen LogP contribution in [0, 0.1) is 5.82 Å². The van der Waals surface area contributed by atoms with Crippen molar-refractivity contribution in [3.8, 4) is 0 Å². The SMILES string of the molecule is CCCCCCCCCP(c1ccccc1F)C(F)(F)C(F)(F)C(F)(F)CCCCCC. The molecule has 0 saturated carbocycles. The van der Waals surface area contributed by atoms with Gasteiger partial charge in [-0.05, 0) is 25.1 Å². The highest BCUT2D eigenvalue weighted by Crippen LogP contribution is 2.63. The highest BCUT2D eigenvalue weighted by atomic mass is 31.1. The van der Waals surface area contributed by atoms with Crippen molar-refractivity contribution >= 4 is 13.2 Å². The molecule has 0 heterocycles. The third-order valence-corrected chi connectivity index (χ3v) is 8.32. The van der Waals surface area contributed by atoms with Crippen LogP contribution in [-0.2, 0) is 0 Å². The topological polar surface area (TPSA) is 0 Å². The van der Waals surface area contributed by atoms with Crippen LogP contribution in [-0.4, -0.2) is 23.7 Å². The fourth-order valence-corrected chi connectivity index (χ4v) is 6.10. The van der Waals surface area contributed by atoms with E-state index in [9.17, 15) is 22.0 Å². The van der Waals surface area contributed by atoms with E-state index in [0.717, 1.165) is 44.2 Å². The molecule has 1 rings (SSSR count). The summed E-state index contributed by atoms with van der Waals surface area (Å²) in [5, 5.41) is -0.569. The second-order valence-electron chi connectivity index (χ2n) is 8.36. The van der Waals surface area contributed by atoms with Crippen molar-refractivity contribution in [2.24, 2.45) is 0 Å². The van der Waals surface area contributed by atoms with E-state index in [1.807, 2.05) is 6.92 Å². The Balaban J connectivity index is 3.03. The molecule has 0 aliphatic carbocycles. The molecule has 0 bridgehead atoms. The molecule has 186 valence electrons. The molecule has 0 fully saturated rings. The summed E-state index contributed by atoms with van der Waals surface area (Å²) in [4.78, 5) is 0. The molecular formula is C24H36F7P. The van der Waals surface area contributed by atoms with Gasteiger partial charge in [0.15, 0.2) is 0 Å². The van der Waals surface area contributed by atoms with Crippen LogP contribution < -0.4 is 5.30 Å². The van der Waals surface area contributed by atoms with E-state index in [0.29, 0.717) is 19.3 Å². The van der Waals surface area contributed by atoms with Gasteiger partial charge in [0, 0.05) is 19.6 Å². The van der Waals surface area contributed by atoms with E-state index in [1.54, 1.807) is 0 Å². The van der Waals surface area contributed by atoms with Crippen LogP contribution in [0.25, 0.3) is 0 Å². The zero-order valence-electron chi connectivity index (χ0n) is 19.1. The Hall–Kier alpha value is -0.840. The summed E-state index contributed by atoms with van der Waals surface area (Å²) in [6.07, 6.45) is 4.98. The number of unbranched alkanes of at least 4 members (excludes halogenated alkanes) is 9. The Morgan fingerprint density at radius 2 is 1.19 bits per heavy atom. The van der Waals surface area contributed by atoms with Gasteiger partial charge in [0.2, 0.25) is 0 Å². The minimum absolute atomic E-state index is 0.167. The van der Waals surface area contributed by atoms with Crippen molar-refractivity contribution in [1.29, 1.82) is 0 Å². The first-order valence-corrected chi connectivity index (χ1v) is 13.2. The van der Waals surface area contributed by atoms with Gasteiger partial charge in [-0.25, -0.2) is 4.39 Å². The van der Waals surface area contributed by atoms with Crippen molar-refractivity contribution in [3.63, 3.8) is 0 Å². The number of rotatable bonds is 17. The zero-order valence-corrected chi connectivity index (χ0v) is 20.0. The van der Waals surface area contributed by atoms with Gasteiger partial charge < -0.3 is 0 Å². The van der Waals surface area contributed by atoms with Crippen LogP contribution in [0.15, 0.2) is 24.3 Å². The summed E-state index contributed by atoms with van der Waals surface area (Å²) in [7, 11) is -3.16. The van der Waals surface area contributed by atoms with E-state index in [-0.39, 0.29) is 19.3 Å². The van der Waals surface area contributed by atoms with E-state index < -0.39 is 49.1 Å². The Morgan fingerprint density at radius 3 is 1.75 bits per heavy atom. The molecule has 0 spiro atoms. The van der Waals surface area contributed by atoms with Crippen molar-refractivity contribution in [2.75, 3.05) is 6.16 Å². The van der Waals surface area contributed by atoms with Crippen molar-refractivity contribution in [2.45, 2.75) is 108 Å². The van der Waals surface area contributed by atoms with Crippen LogP contribution in [0.5, 0.6) is 0 Å². The molecule has 0 saturated heterocycles. The number of hydrogen-bond donors (Lipinski definition) is 0. The van der Waals surface area contributed by atoms with Crippen LogP contribution in [0.1, 0.15) is 90.9 Å². The zero-order chi connectivity index (χ0) is 24.3. The molecule has 0 nitrogen and oxygen atoms in total. The predicted molar refractivity (Wildman–Crippen MR) is 119 cm³/mol. The van der Waals surface area contributed by atoms with Gasteiger partial charge in [-0.1, -0.05) is 89.8 Å². The lowest BCUT2D eigenvalue weighted by molar-refractivity contribution is -0.280. The molecule has 8 heteroatoms. The lowest BCUT2D eigenvalue weighted by Gasteiger charge is -2.38. The van der Waals surface area contributed by atoms with Gasteiger partial charge in [-0.15, -0.1) is 0 Å². The fourth-order valence-electron chi connectivity index (χ4n) is 3.63. The van der Waals surface area contributed by atoms with E-state index in [2.05, 4.69) is 6.92 Å². The third-order valence-electron chi connectivity index (χ3n) is 5.65. The van der Waals surface area contributed by atoms with Crippen molar-refractivity contribution < 1.29 is 30.7 Å². The molecule has 1 aromatic carbocycles. The molecule has 1 atom stereocenters. The maximum absolute atomic E-state index is 15.1. The van der Waals surface area contributed by atoms with Gasteiger partial charge in [0.1, 0.15) is 5.82 Å². The highest BCUT2D eigenvalue weighted by Gasteiger charge is 2.73. The highest BCUT2D eigenvalue weighted by molar-refractivity contribution is 7.66. The lowest BCUT2D eigenvalue weighted by Crippen LogP contribution is -2.54. The third kappa shape index (κ3) is 7.88. The maximum Gasteiger partial charge on any atom is 0.376 e. The quantitative estimate of drug-likeness (QED) is 0.116. The smallest absolute Gasteiger partial charge is 0.206 e. The predicted octanol–water partition coefficient (Wildman–Crippen LogP) is 9.52. The first-order valence-electron chi connectivity index (χ1n) is 11.7. The average molecular weight is 489 g/mol. The largest absolute Gasteiger partial charge is 0.376 e. The van der Waals surface area contributed by atoms with Crippen LogP contribution in [0.2, 0.25) is 0 Å². The first-order chi connectivity index (χ1) is 15.0. The van der Waals surface area contributed by atoms with Gasteiger partial charge in [0.05, 0.1) is 0 Å². The number of alkyl halides is 6. The minimum atomic E-state index is -5.55. The van der Waals surface area contributed by atoms with Gasteiger partial charge in [0.25, 0.3) is 0 Å². The molecule has 0 aliphatic heterocycles. The fraction of sp³-hybridized carbons (Fsp3) is 0.750. The van der Waals surface area contributed by atoms with Crippen molar-refractivity contribution in [3.05, 3.63) is 30.1 Å². The Morgan fingerprint density at radius 1 is 0.688 bits per heavy atom. The van der Waals surface area contributed by atoms with Gasteiger partial charge in [-0.3, -0.25) is 0 Å². The van der Waals surface area contributed by atoms with E-state index >= 15 is 8.78 Å². The normalized spacial score (nSPS) is 14.0. The Bertz CT molecular complexity index is 649. The summed E-state index contributed by atoms with van der Waals surface area (Å²) >= 11 is 0. The van der Waals surface area contributed by atoms with Crippen LogP contribution in [0.4, 0.5) is 30.7 Å². The molecule has 32 heavy (non-hydrogen) atoms. The second kappa shape index (κ2) is 13.8. The number of hydrogen-bond acceptors (Lipinski definition) is 0. The summed E-state index contributed by atoms with van der Waals surface area (Å²) in [6.45, 7) is 3.88. The summed E-state index contributed by atoms with van der Waals surface area (Å²) in [5.74, 6) is -11.5. The monoisotopic (exact) mass is 488 g/mol. The Labute approximate surface area is 189 Å². The minimum Gasteiger partial charge on any atom is -0.206 e. The molecule has 0 N–H and O–H groups in total. The summed E-state index contributed by atoms with van der Waals surface area (Å²) < 4.78 is 103. The maximum atomic E-state index is 15.1. The van der Waals surface area contributed by atoms with E-state index in [1.165, 1.54) is 12.1 Å². The summed E-state index contributed by atoms with van der Waals surface area (Å²) in [6, 6.07) is 4.46. The summed E-state index contributed by atoms with van der Waals surface area (Å²) in [5.41, 5.74) is -5.03. The molecule has 1 aromatic rings. The first kappa shape index (κ1) is 29.2. The standard InChI is InChI=1S/C24H36F7P/c1-3-5-7-9-10-11-15-19-32(21-17-13-12-16-20(21)25)24(30,31)23(28,29)22(26,27)18-14-8-6-4-2/h12-13,16-17H,3-11,14-15,18-19H2,1-2H3. The van der Waals surface area contributed by atoms with Gasteiger partial charge >= 0.3 is 17.5 Å². The van der Waals surface area contributed by atoms with Gasteiger partial charge in [-0.2, -0.15) is 26.3 Å². The molecule has 1 unspecified atom stereocenters. The van der Waals surface area contributed by atoms with E-state index in [4.69, 9.17) is 0 Å². The average Bonchev–Trinajstić information content (AvgIpc) is 2.73. The molecule has 0 radical (unpaired) electrons. The second-order valence-corrected chi connectivity index (χ2v) is 10.7. The van der Waals surface area contributed by atoms with Crippen LogP contribution >= 0.6 is 7.92 Å². The molecular weight excluding hydrogens is 452 g/mol. The lowest BCUT2D eigenvalue weighted by atomic mass is 10.0. The van der Waals surface area contributed by atoms with Crippen molar-refractivity contribution in [1.82, 2.24) is 0 Å². The van der Waals surface area contributed by atoms with Crippen LogP contribution in [0.3, 0.4) is 0 Å². The molecule has 0 aliphatic rings. The number of halogens is 7.